The summed E-state index contributed by atoms with van der Waals surface area (Å²) in [5.74, 6) is 2.60. The predicted octanol–water partition coefficient (Wildman–Crippen LogP) is 2.69. The molecule has 4 nitrogen and oxygen atoms in total. The van der Waals surface area contributed by atoms with E-state index >= 15 is 0 Å². The Morgan fingerprint density at radius 2 is 2.00 bits per heavy atom. The topological polar surface area (TPSA) is 45.7 Å². The van der Waals surface area contributed by atoms with Gasteiger partial charge in [-0.05, 0) is 44.9 Å². The van der Waals surface area contributed by atoms with E-state index in [0.717, 1.165) is 31.6 Å². The van der Waals surface area contributed by atoms with Crippen LogP contribution in [0.2, 0.25) is 0 Å². The highest BCUT2D eigenvalue weighted by Crippen LogP contribution is 2.60. The van der Waals surface area contributed by atoms with Gasteiger partial charge in [0.1, 0.15) is 0 Å². The Morgan fingerprint density at radius 3 is 2.68 bits per heavy atom. The second-order valence-electron chi connectivity index (χ2n) is 7.82. The lowest BCUT2D eigenvalue weighted by atomic mass is 9.54. The fraction of sp³-hybridized carbons (Fsp3) is 0.944. The van der Waals surface area contributed by atoms with Crippen molar-refractivity contribution in [3.8, 4) is 0 Å². The van der Waals surface area contributed by atoms with Gasteiger partial charge in [-0.25, -0.2) is 0 Å². The Morgan fingerprint density at radius 1 is 1.18 bits per heavy atom. The van der Waals surface area contributed by atoms with Crippen molar-refractivity contribution < 1.29 is 4.74 Å². The first-order chi connectivity index (χ1) is 10.8. The number of nitrogens with zero attached hydrogens (tertiary/aromatic N) is 1. The van der Waals surface area contributed by atoms with Gasteiger partial charge in [0, 0.05) is 37.1 Å². The zero-order valence-corrected chi connectivity index (χ0v) is 13.9. The van der Waals surface area contributed by atoms with Crippen molar-refractivity contribution in [2.24, 2.45) is 22.2 Å². The highest BCUT2D eigenvalue weighted by atomic mass is 16.5. The third kappa shape index (κ3) is 2.34. The van der Waals surface area contributed by atoms with Gasteiger partial charge in [0.05, 0.1) is 6.10 Å². The molecule has 0 aromatic carbocycles. The van der Waals surface area contributed by atoms with Crippen LogP contribution in [0.25, 0.3) is 0 Å². The van der Waals surface area contributed by atoms with Crippen LogP contribution in [0.5, 0.6) is 0 Å². The molecule has 0 aromatic rings. The summed E-state index contributed by atoms with van der Waals surface area (Å²) in [5.41, 5.74) is 0.411. The summed E-state index contributed by atoms with van der Waals surface area (Å²) < 4.78 is 6.09. The van der Waals surface area contributed by atoms with Crippen LogP contribution in [0.1, 0.15) is 58.3 Å². The van der Waals surface area contributed by atoms with E-state index < -0.39 is 0 Å². The van der Waals surface area contributed by atoms with Crippen molar-refractivity contribution in [1.82, 2.24) is 10.6 Å². The molecule has 4 heteroatoms. The van der Waals surface area contributed by atoms with E-state index in [1.54, 1.807) is 0 Å². The fourth-order valence-electron chi connectivity index (χ4n) is 5.27. The molecule has 1 spiro atoms. The second kappa shape index (κ2) is 6.03. The summed E-state index contributed by atoms with van der Waals surface area (Å²) in [6, 6.07) is 0.585. The lowest BCUT2D eigenvalue weighted by Crippen LogP contribution is -2.69. The van der Waals surface area contributed by atoms with Crippen LogP contribution in [0.15, 0.2) is 4.99 Å². The summed E-state index contributed by atoms with van der Waals surface area (Å²) in [7, 11) is 0. The fourth-order valence-corrected chi connectivity index (χ4v) is 5.27. The Kier molecular flexibility index (Phi) is 4.05. The average Bonchev–Trinajstić information content (AvgIpc) is 3.11. The van der Waals surface area contributed by atoms with Crippen molar-refractivity contribution in [3.05, 3.63) is 0 Å². The molecule has 124 valence electrons. The largest absolute Gasteiger partial charge is 0.377 e. The molecule has 4 aliphatic rings. The zero-order valence-electron chi connectivity index (χ0n) is 13.9. The Labute approximate surface area is 134 Å². The molecule has 0 amide bonds. The summed E-state index contributed by atoms with van der Waals surface area (Å²) in [4.78, 5) is 4.88. The van der Waals surface area contributed by atoms with Crippen molar-refractivity contribution in [3.63, 3.8) is 0 Å². The Bertz CT molecular complexity index is 426. The molecule has 3 unspecified atom stereocenters. The van der Waals surface area contributed by atoms with Crippen LogP contribution in [0.4, 0.5) is 0 Å². The van der Waals surface area contributed by atoms with Gasteiger partial charge < -0.3 is 15.4 Å². The maximum absolute atomic E-state index is 6.09. The standard InChI is InChI=1S/C18H31N3O/c1-2-19-17(20-12-13-6-5-7-13)21-15-14-8-11-22-16(14)18(15)9-3-4-10-18/h13-16H,2-12H2,1H3,(H2,19,20,21). The number of nitrogens with one attached hydrogen (secondary N) is 2. The van der Waals surface area contributed by atoms with Crippen LogP contribution in [-0.4, -0.2) is 37.8 Å². The van der Waals surface area contributed by atoms with Gasteiger partial charge >= 0.3 is 0 Å². The molecular weight excluding hydrogens is 274 g/mol. The SMILES string of the molecule is CCNC(=NCC1CCC1)NC1C2CCOC2C12CCCC2. The first-order valence-corrected chi connectivity index (χ1v) is 9.50. The Hall–Kier alpha value is -0.770. The molecule has 0 aromatic heterocycles. The van der Waals surface area contributed by atoms with E-state index in [-0.39, 0.29) is 0 Å². The third-order valence-electron chi connectivity index (χ3n) is 6.65. The molecular formula is C18H31N3O. The molecule has 3 atom stereocenters. The molecule has 1 saturated heterocycles. The molecule has 2 N–H and O–H groups in total. The highest BCUT2D eigenvalue weighted by Gasteiger charge is 2.65. The van der Waals surface area contributed by atoms with Crippen molar-refractivity contribution in [1.29, 1.82) is 0 Å². The van der Waals surface area contributed by atoms with Gasteiger partial charge in [0.2, 0.25) is 0 Å². The number of ether oxygens (including phenoxy) is 1. The third-order valence-corrected chi connectivity index (χ3v) is 6.65. The maximum Gasteiger partial charge on any atom is 0.191 e. The normalized spacial score (nSPS) is 36.8. The summed E-state index contributed by atoms with van der Waals surface area (Å²) in [6.45, 7) is 5.07. The first-order valence-electron chi connectivity index (χ1n) is 9.50. The molecule has 0 bridgehead atoms. The van der Waals surface area contributed by atoms with Crippen LogP contribution < -0.4 is 10.6 Å². The molecule has 3 aliphatic carbocycles. The lowest BCUT2D eigenvalue weighted by Gasteiger charge is -2.57. The van der Waals surface area contributed by atoms with Crippen molar-refractivity contribution in [2.75, 3.05) is 19.7 Å². The first kappa shape index (κ1) is 14.8. The van der Waals surface area contributed by atoms with Gasteiger partial charge in [-0.3, -0.25) is 4.99 Å². The van der Waals surface area contributed by atoms with Crippen molar-refractivity contribution in [2.45, 2.75) is 70.4 Å². The van der Waals surface area contributed by atoms with Crippen molar-refractivity contribution >= 4 is 5.96 Å². The van der Waals surface area contributed by atoms with E-state index in [1.807, 2.05) is 0 Å². The number of rotatable bonds is 4. The summed E-state index contributed by atoms with van der Waals surface area (Å²) in [5, 5.41) is 7.29. The zero-order chi connectivity index (χ0) is 15.0. The van der Waals surface area contributed by atoms with Crippen LogP contribution in [-0.2, 0) is 4.74 Å². The lowest BCUT2D eigenvalue weighted by molar-refractivity contribution is -0.125. The van der Waals surface area contributed by atoms with Crippen LogP contribution in [0.3, 0.4) is 0 Å². The predicted molar refractivity (Wildman–Crippen MR) is 89.0 cm³/mol. The van der Waals surface area contributed by atoms with Crippen LogP contribution >= 0.6 is 0 Å². The second-order valence-corrected chi connectivity index (χ2v) is 7.82. The quantitative estimate of drug-likeness (QED) is 0.620. The molecule has 22 heavy (non-hydrogen) atoms. The van der Waals surface area contributed by atoms with E-state index in [0.29, 0.717) is 23.5 Å². The average molecular weight is 305 g/mol. The highest BCUT2D eigenvalue weighted by molar-refractivity contribution is 5.80. The minimum Gasteiger partial charge on any atom is -0.377 e. The van der Waals surface area contributed by atoms with Gasteiger partial charge in [-0.15, -0.1) is 0 Å². The van der Waals surface area contributed by atoms with Gasteiger partial charge in [-0.2, -0.15) is 0 Å². The molecule has 4 rings (SSSR count). The van der Waals surface area contributed by atoms with E-state index in [9.17, 15) is 0 Å². The smallest absolute Gasteiger partial charge is 0.191 e. The maximum atomic E-state index is 6.09. The number of guanidine groups is 1. The molecule has 1 aliphatic heterocycles. The van der Waals surface area contributed by atoms with Gasteiger partial charge in [0.15, 0.2) is 5.96 Å². The molecule has 4 fully saturated rings. The van der Waals surface area contributed by atoms with Gasteiger partial charge in [-0.1, -0.05) is 19.3 Å². The number of fused-ring (bicyclic) bond motifs is 2. The summed E-state index contributed by atoms with van der Waals surface area (Å²) in [6.07, 6.45) is 11.3. The van der Waals surface area contributed by atoms with Crippen LogP contribution in [0, 0.1) is 17.3 Å². The van der Waals surface area contributed by atoms with E-state index in [1.165, 1.54) is 51.4 Å². The van der Waals surface area contributed by atoms with Gasteiger partial charge in [0.25, 0.3) is 0 Å². The molecule has 1 heterocycles. The number of hydrogen-bond acceptors (Lipinski definition) is 2. The van der Waals surface area contributed by atoms with E-state index in [2.05, 4.69) is 17.6 Å². The minimum absolute atomic E-state index is 0.411. The number of hydrogen-bond donors (Lipinski definition) is 2. The van der Waals surface area contributed by atoms with E-state index in [4.69, 9.17) is 9.73 Å². The minimum atomic E-state index is 0.411. The number of aliphatic imine (C=N–C) groups is 1. The molecule has 0 radical (unpaired) electrons. The molecule has 3 saturated carbocycles. The Balaban J connectivity index is 1.44. The monoisotopic (exact) mass is 305 g/mol. The summed E-state index contributed by atoms with van der Waals surface area (Å²) >= 11 is 0.